The van der Waals surface area contributed by atoms with Crippen LogP contribution in [0.2, 0.25) is 0 Å². The van der Waals surface area contributed by atoms with Crippen molar-refractivity contribution in [1.29, 1.82) is 5.26 Å². The lowest BCUT2D eigenvalue weighted by molar-refractivity contribution is -0.137. The van der Waals surface area contributed by atoms with Crippen LogP contribution in [0.5, 0.6) is 0 Å². The number of ether oxygens (including phenoxy) is 1. The normalized spacial score (nSPS) is 11.4. The molecule has 0 aliphatic rings. The fraction of sp³-hybridized carbons (Fsp3) is 0.200. The zero-order valence-corrected chi connectivity index (χ0v) is 5.02. The molecule has 0 radical (unpaired) electrons. The van der Waals surface area contributed by atoms with Crippen LogP contribution in [0.15, 0.2) is 11.7 Å². The third-order valence-electron chi connectivity index (χ3n) is 0.655. The van der Waals surface area contributed by atoms with Crippen LogP contribution in [0.1, 0.15) is 0 Å². The molecule has 54 valence electrons. The average Bonchev–Trinajstić information content (AvgIpc) is 2.00. The molecule has 0 aromatic carbocycles. The monoisotopic (exact) mass is 147 g/mol. The van der Waals surface area contributed by atoms with Crippen LogP contribution in [-0.4, -0.2) is 13.1 Å². The van der Waals surface area contributed by atoms with Gasteiger partial charge in [-0.15, -0.1) is 0 Å². The third-order valence-corrected chi connectivity index (χ3v) is 0.655. The summed E-state index contributed by atoms with van der Waals surface area (Å²) >= 11 is 0. The molecular weight excluding hydrogens is 144 g/mol. The minimum Gasteiger partial charge on any atom is -0.464 e. The molecule has 0 fully saturated rings. The third kappa shape index (κ3) is 1.82. The van der Waals surface area contributed by atoms with E-state index in [2.05, 4.69) is 4.74 Å². The first-order valence-electron chi connectivity index (χ1n) is 2.17. The molecule has 0 bridgehead atoms. The van der Waals surface area contributed by atoms with Gasteiger partial charge in [0.25, 0.3) is 5.83 Å². The molecule has 0 spiro atoms. The molecule has 10 heavy (non-hydrogen) atoms. The number of hydrogen-bond acceptors (Lipinski definition) is 3. The molecule has 0 atom stereocenters. The SMILES string of the molecule is COC(=O)/C(F)=C(/F)C#N. The Bertz CT molecular complexity index is 216. The number of methoxy groups -OCH3 is 1. The predicted octanol–water partition coefficient (Wildman–Crippen LogP) is 0.834. The van der Waals surface area contributed by atoms with Gasteiger partial charge in [0.2, 0.25) is 5.83 Å². The van der Waals surface area contributed by atoms with E-state index in [0.717, 1.165) is 13.2 Å². The zero-order valence-electron chi connectivity index (χ0n) is 5.02. The van der Waals surface area contributed by atoms with Crippen molar-refractivity contribution in [2.45, 2.75) is 0 Å². The van der Waals surface area contributed by atoms with Gasteiger partial charge in [-0.1, -0.05) is 0 Å². The Kier molecular flexibility index (Phi) is 3.05. The van der Waals surface area contributed by atoms with Gasteiger partial charge in [0.05, 0.1) is 7.11 Å². The summed E-state index contributed by atoms with van der Waals surface area (Å²) in [5, 5.41) is 7.72. The predicted molar refractivity (Wildman–Crippen MR) is 26.9 cm³/mol. The molecule has 0 aliphatic carbocycles. The van der Waals surface area contributed by atoms with E-state index in [-0.39, 0.29) is 0 Å². The van der Waals surface area contributed by atoms with Crippen molar-refractivity contribution >= 4 is 5.97 Å². The first-order chi connectivity index (χ1) is 4.63. The molecule has 5 heteroatoms. The Morgan fingerprint density at radius 3 is 2.40 bits per heavy atom. The summed E-state index contributed by atoms with van der Waals surface area (Å²) < 4.78 is 27.6. The number of halogens is 2. The smallest absolute Gasteiger partial charge is 0.370 e. The van der Waals surface area contributed by atoms with Crippen molar-refractivity contribution in [1.82, 2.24) is 0 Å². The van der Waals surface area contributed by atoms with Crippen molar-refractivity contribution < 1.29 is 18.3 Å². The summed E-state index contributed by atoms with van der Waals surface area (Å²) in [5.74, 6) is -5.06. The van der Waals surface area contributed by atoms with Crippen molar-refractivity contribution in [2.75, 3.05) is 7.11 Å². The quantitative estimate of drug-likeness (QED) is 0.313. The van der Waals surface area contributed by atoms with Gasteiger partial charge in [-0.3, -0.25) is 0 Å². The highest BCUT2D eigenvalue weighted by atomic mass is 19.2. The molecule has 0 amide bonds. The second kappa shape index (κ2) is 3.56. The van der Waals surface area contributed by atoms with E-state index in [1.165, 1.54) is 0 Å². The van der Waals surface area contributed by atoms with Crippen LogP contribution < -0.4 is 0 Å². The highest BCUT2D eigenvalue weighted by molar-refractivity contribution is 5.86. The van der Waals surface area contributed by atoms with Gasteiger partial charge < -0.3 is 4.74 Å². The van der Waals surface area contributed by atoms with Gasteiger partial charge in [-0.2, -0.15) is 14.0 Å². The van der Waals surface area contributed by atoms with Crippen LogP contribution in [0.3, 0.4) is 0 Å². The summed E-state index contributed by atoms with van der Waals surface area (Å²) in [7, 11) is 0.882. The van der Waals surface area contributed by atoms with Gasteiger partial charge >= 0.3 is 5.97 Å². The Hall–Kier alpha value is -1.44. The van der Waals surface area contributed by atoms with E-state index in [1.54, 1.807) is 0 Å². The number of rotatable bonds is 1. The topological polar surface area (TPSA) is 50.1 Å². The Morgan fingerprint density at radius 2 is 2.10 bits per heavy atom. The molecular formula is C5H3F2NO2. The molecule has 0 aliphatic heterocycles. The standard InChI is InChI=1S/C5H3F2NO2/c1-10-5(9)4(7)3(6)2-8/h1H3/b4-3-. The Labute approximate surface area is 55.5 Å². The first kappa shape index (κ1) is 8.56. The van der Waals surface area contributed by atoms with Gasteiger partial charge in [-0.25, -0.2) is 4.79 Å². The minimum atomic E-state index is -1.80. The largest absolute Gasteiger partial charge is 0.464 e. The fourth-order valence-electron chi connectivity index (χ4n) is 0.228. The zero-order chi connectivity index (χ0) is 8.15. The van der Waals surface area contributed by atoms with Gasteiger partial charge in [0, 0.05) is 0 Å². The summed E-state index contributed by atoms with van der Waals surface area (Å²) in [4.78, 5) is 10.1. The van der Waals surface area contributed by atoms with E-state index in [4.69, 9.17) is 5.26 Å². The van der Waals surface area contributed by atoms with E-state index in [1.807, 2.05) is 0 Å². The molecule has 0 rings (SSSR count). The van der Waals surface area contributed by atoms with Crippen molar-refractivity contribution in [3.8, 4) is 6.07 Å². The van der Waals surface area contributed by atoms with Crippen molar-refractivity contribution in [3.05, 3.63) is 11.7 Å². The van der Waals surface area contributed by atoms with E-state index < -0.39 is 17.6 Å². The summed E-state index contributed by atoms with van der Waals surface area (Å²) in [6.45, 7) is 0. The highest BCUT2D eigenvalue weighted by Gasteiger charge is 2.14. The van der Waals surface area contributed by atoms with Crippen molar-refractivity contribution in [2.24, 2.45) is 0 Å². The molecule has 0 saturated heterocycles. The molecule has 0 aromatic heterocycles. The molecule has 0 heterocycles. The maximum absolute atomic E-state index is 12.0. The van der Waals surface area contributed by atoms with Crippen LogP contribution in [0, 0.1) is 11.3 Å². The lowest BCUT2D eigenvalue weighted by Crippen LogP contribution is -2.01. The lowest BCUT2D eigenvalue weighted by Gasteiger charge is -1.91. The van der Waals surface area contributed by atoms with Crippen LogP contribution in [0.4, 0.5) is 8.78 Å². The summed E-state index contributed by atoms with van der Waals surface area (Å²) in [6.07, 6.45) is 0. The van der Waals surface area contributed by atoms with Gasteiger partial charge in [-0.05, 0) is 0 Å². The number of hydrogen-bond donors (Lipinski definition) is 0. The van der Waals surface area contributed by atoms with Crippen LogP contribution >= 0.6 is 0 Å². The van der Waals surface area contributed by atoms with E-state index in [0.29, 0.717) is 0 Å². The second-order valence-corrected chi connectivity index (χ2v) is 1.23. The number of nitriles is 1. The molecule has 0 unspecified atom stereocenters. The maximum atomic E-state index is 12.0. The summed E-state index contributed by atoms with van der Waals surface area (Å²) in [6, 6.07) is 0.817. The average molecular weight is 147 g/mol. The fourth-order valence-corrected chi connectivity index (χ4v) is 0.228. The molecule has 0 aromatic rings. The lowest BCUT2D eigenvalue weighted by atomic mass is 10.5. The van der Waals surface area contributed by atoms with Crippen LogP contribution in [-0.2, 0) is 9.53 Å². The second-order valence-electron chi connectivity index (χ2n) is 1.23. The minimum absolute atomic E-state index is 0.817. The highest BCUT2D eigenvalue weighted by Crippen LogP contribution is 2.07. The van der Waals surface area contributed by atoms with Crippen LogP contribution in [0.25, 0.3) is 0 Å². The van der Waals surface area contributed by atoms with Gasteiger partial charge in [0.1, 0.15) is 6.07 Å². The van der Waals surface area contributed by atoms with Crippen molar-refractivity contribution in [3.63, 3.8) is 0 Å². The maximum Gasteiger partial charge on any atom is 0.370 e. The Balaban J connectivity index is 4.51. The number of carbonyl (C=O) groups is 1. The number of nitrogens with zero attached hydrogens (tertiary/aromatic N) is 1. The number of esters is 1. The van der Waals surface area contributed by atoms with Gasteiger partial charge in [0.15, 0.2) is 0 Å². The van der Waals surface area contributed by atoms with E-state index >= 15 is 0 Å². The Morgan fingerprint density at radius 1 is 1.60 bits per heavy atom. The summed E-state index contributed by atoms with van der Waals surface area (Å²) in [5.41, 5.74) is 0. The first-order valence-corrected chi connectivity index (χ1v) is 2.17. The van der Waals surface area contributed by atoms with E-state index in [9.17, 15) is 13.6 Å². The molecule has 3 nitrogen and oxygen atoms in total. The molecule has 0 saturated carbocycles. The molecule has 0 N–H and O–H groups in total. The number of carbonyl (C=O) groups excluding carboxylic acids is 1. The number of allylic oxidation sites excluding steroid dienone is 1.